The minimum Gasteiger partial charge on any atom is -0.386 e. The Kier molecular flexibility index (Phi) is 4.31. The Labute approximate surface area is 172 Å². The van der Waals surface area contributed by atoms with Gasteiger partial charge in [-0.05, 0) is 37.5 Å². The van der Waals surface area contributed by atoms with Gasteiger partial charge < -0.3 is 10.3 Å². The van der Waals surface area contributed by atoms with Crippen molar-refractivity contribution in [3.05, 3.63) is 71.3 Å². The fourth-order valence-electron chi connectivity index (χ4n) is 3.67. The van der Waals surface area contributed by atoms with Gasteiger partial charge in [-0.25, -0.2) is 19.3 Å². The molecule has 0 radical (unpaired) electrons. The Bertz CT molecular complexity index is 1270. The molecule has 30 heavy (non-hydrogen) atoms. The number of ketones is 1. The van der Waals surface area contributed by atoms with Gasteiger partial charge in [-0.3, -0.25) is 4.79 Å². The smallest absolute Gasteiger partial charge is 0.198 e. The highest BCUT2D eigenvalue weighted by atomic mass is 19.1. The lowest BCUT2D eigenvalue weighted by Crippen LogP contribution is -2.08. The number of aromatic nitrogens is 4. The van der Waals surface area contributed by atoms with Crippen molar-refractivity contribution >= 4 is 22.5 Å². The number of carbonyl (C=O) groups excluding carboxylic acids is 1. The highest BCUT2D eigenvalue weighted by molar-refractivity contribution is 6.17. The molecule has 6 nitrogen and oxygen atoms in total. The molecule has 3 heterocycles. The SMILES string of the molecule is CNc1ccc(C)c(C(=O)c2c[nH]c3ncc(-c4cnc(C5CC5)nc4)cc23)c1F. The van der Waals surface area contributed by atoms with Crippen LogP contribution in [0.5, 0.6) is 0 Å². The van der Waals surface area contributed by atoms with Crippen molar-refractivity contribution in [2.45, 2.75) is 25.7 Å². The third-order valence-electron chi connectivity index (χ3n) is 5.57. The summed E-state index contributed by atoms with van der Waals surface area (Å²) >= 11 is 0. The van der Waals surface area contributed by atoms with Gasteiger partial charge in [0.25, 0.3) is 0 Å². The Morgan fingerprint density at radius 1 is 1.13 bits per heavy atom. The van der Waals surface area contributed by atoms with E-state index in [1.807, 2.05) is 6.07 Å². The second kappa shape index (κ2) is 7.02. The second-order valence-corrected chi connectivity index (χ2v) is 7.62. The first-order valence-electron chi connectivity index (χ1n) is 9.88. The number of hydrogen-bond acceptors (Lipinski definition) is 5. The van der Waals surface area contributed by atoms with Crippen LogP contribution in [0.3, 0.4) is 0 Å². The van der Waals surface area contributed by atoms with E-state index in [0.29, 0.717) is 28.1 Å². The number of nitrogens with zero attached hydrogens (tertiary/aromatic N) is 3. The van der Waals surface area contributed by atoms with E-state index >= 15 is 0 Å². The summed E-state index contributed by atoms with van der Waals surface area (Å²) < 4.78 is 14.9. The molecule has 0 spiro atoms. The molecule has 0 bridgehead atoms. The summed E-state index contributed by atoms with van der Waals surface area (Å²) in [5.74, 6) is 0.429. The molecule has 1 aliphatic rings. The zero-order valence-corrected chi connectivity index (χ0v) is 16.7. The molecule has 0 atom stereocenters. The molecule has 1 aliphatic carbocycles. The van der Waals surface area contributed by atoms with E-state index in [-0.39, 0.29) is 17.0 Å². The lowest BCUT2D eigenvalue weighted by Gasteiger charge is -2.10. The Morgan fingerprint density at radius 3 is 2.57 bits per heavy atom. The van der Waals surface area contributed by atoms with Gasteiger partial charge in [0.15, 0.2) is 11.6 Å². The molecule has 150 valence electrons. The van der Waals surface area contributed by atoms with Crippen molar-refractivity contribution in [3.63, 3.8) is 0 Å². The van der Waals surface area contributed by atoms with Crippen molar-refractivity contribution < 1.29 is 9.18 Å². The lowest BCUT2D eigenvalue weighted by molar-refractivity contribution is 0.103. The minimum atomic E-state index is -0.551. The molecule has 0 unspecified atom stereocenters. The molecule has 2 N–H and O–H groups in total. The topological polar surface area (TPSA) is 83.6 Å². The van der Waals surface area contributed by atoms with Gasteiger partial charge in [0.1, 0.15) is 11.5 Å². The standard InChI is InChI=1S/C23H20FN5O/c1-12-3-6-18(25-2)20(24)19(12)21(30)17-11-29-23-16(17)7-14(8-28-23)15-9-26-22(27-10-15)13-4-5-13/h3,6-11,13,25H,4-5H2,1-2H3,(H,28,29). The molecule has 5 rings (SSSR count). The summed E-state index contributed by atoms with van der Waals surface area (Å²) in [6.45, 7) is 1.73. The molecule has 0 saturated heterocycles. The number of halogens is 1. The normalized spacial score (nSPS) is 13.6. The third-order valence-corrected chi connectivity index (χ3v) is 5.57. The van der Waals surface area contributed by atoms with Gasteiger partial charge in [-0.2, -0.15) is 0 Å². The predicted molar refractivity (Wildman–Crippen MR) is 113 cm³/mol. The highest BCUT2D eigenvalue weighted by Crippen LogP contribution is 2.38. The van der Waals surface area contributed by atoms with Crippen LogP contribution in [0.4, 0.5) is 10.1 Å². The number of H-pyrrole nitrogens is 1. The molecule has 1 aromatic carbocycles. The van der Waals surface area contributed by atoms with Crippen molar-refractivity contribution in [1.29, 1.82) is 0 Å². The zero-order chi connectivity index (χ0) is 20.8. The number of carbonyl (C=O) groups is 1. The van der Waals surface area contributed by atoms with E-state index in [0.717, 1.165) is 29.8 Å². The maximum absolute atomic E-state index is 14.9. The van der Waals surface area contributed by atoms with E-state index < -0.39 is 5.82 Å². The number of rotatable bonds is 5. The fourth-order valence-corrected chi connectivity index (χ4v) is 3.67. The van der Waals surface area contributed by atoms with Crippen LogP contribution in [0.25, 0.3) is 22.2 Å². The van der Waals surface area contributed by atoms with Gasteiger partial charge in [-0.1, -0.05) is 6.07 Å². The average molecular weight is 401 g/mol. The van der Waals surface area contributed by atoms with Gasteiger partial charge in [0, 0.05) is 59.8 Å². The Hall–Kier alpha value is -3.61. The lowest BCUT2D eigenvalue weighted by atomic mass is 9.97. The molecule has 7 heteroatoms. The van der Waals surface area contributed by atoms with Crippen LogP contribution >= 0.6 is 0 Å². The number of anilines is 1. The van der Waals surface area contributed by atoms with Crippen LogP contribution in [-0.2, 0) is 0 Å². The van der Waals surface area contributed by atoms with Crippen molar-refractivity contribution in [2.75, 3.05) is 12.4 Å². The van der Waals surface area contributed by atoms with Crippen LogP contribution in [0.1, 0.15) is 46.1 Å². The fraction of sp³-hybridized carbons (Fsp3) is 0.217. The van der Waals surface area contributed by atoms with E-state index in [1.165, 1.54) is 0 Å². The number of hydrogen-bond donors (Lipinski definition) is 2. The zero-order valence-electron chi connectivity index (χ0n) is 16.7. The maximum atomic E-state index is 14.9. The summed E-state index contributed by atoms with van der Waals surface area (Å²) in [5.41, 5.74) is 3.51. The van der Waals surface area contributed by atoms with Crippen molar-refractivity contribution in [1.82, 2.24) is 19.9 Å². The van der Waals surface area contributed by atoms with Crippen LogP contribution < -0.4 is 5.32 Å². The average Bonchev–Trinajstić information content (AvgIpc) is 3.53. The van der Waals surface area contributed by atoms with Gasteiger partial charge in [0.2, 0.25) is 0 Å². The first-order chi connectivity index (χ1) is 14.6. The minimum absolute atomic E-state index is 0.0604. The van der Waals surface area contributed by atoms with Crippen molar-refractivity contribution in [3.8, 4) is 11.1 Å². The molecule has 4 aromatic rings. The summed E-state index contributed by atoms with van der Waals surface area (Å²) in [6, 6.07) is 5.23. The molecule has 3 aromatic heterocycles. The first-order valence-corrected chi connectivity index (χ1v) is 9.88. The summed E-state index contributed by atoms with van der Waals surface area (Å²) in [4.78, 5) is 29.6. The summed E-state index contributed by atoms with van der Waals surface area (Å²) in [6.07, 6.45) is 9.17. The van der Waals surface area contributed by atoms with Crippen LogP contribution in [0.2, 0.25) is 0 Å². The van der Waals surface area contributed by atoms with Gasteiger partial charge in [0.05, 0.1) is 11.3 Å². The van der Waals surface area contributed by atoms with Crippen LogP contribution in [-0.4, -0.2) is 32.8 Å². The first kappa shape index (κ1) is 18.4. The second-order valence-electron chi connectivity index (χ2n) is 7.62. The molecular weight excluding hydrogens is 381 g/mol. The number of pyridine rings is 1. The van der Waals surface area contributed by atoms with E-state index in [9.17, 15) is 9.18 Å². The monoisotopic (exact) mass is 401 g/mol. The Balaban J connectivity index is 1.57. The predicted octanol–water partition coefficient (Wildman–Crippen LogP) is 4.62. The molecule has 1 saturated carbocycles. The largest absolute Gasteiger partial charge is 0.386 e. The van der Waals surface area contributed by atoms with Gasteiger partial charge >= 0.3 is 0 Å². The molecule has 0 aliphatic heterocycles. The number of aromatic amines is 1. The Morgan fingerprint density at radius 2 is 1.87 bits per heavy atom. The molecule has 0 amide bonds. The van der Waals surface area contributed by atoms with Crippen LogP contribution in [0, 0.1) is 12.7 Å². The number of aryl methyl sites for hydroxylation is 1. The number of benzene rings is 1. The van der Waals surface area contributed by atoms with E-state index in [4.69, 9.17) is 0 Å². The maximum Gasteiger partial charge on any atom is 0.198 e. The number of fused-ring (bicyclic) bond motifs is 1. The summed E-state index contributed by atoms with van der Waals surface area (Å²) in [7, 11) is 1.63. The quantitative estimate of drug-likeness (QED) is 0.477. The number of nitrogens with one attached hydrogen (secondary N) is 2. The summed E-state index contributed by atoms with van der Waals surface area (Å²) in [5, 5.41) is 3.42. The van der Waals surface area contributed by atoms with Crippen molar-refractivity contribution in [2.24, 2.45) is 0 Å². The van der Waals surface area contributed by atoms with Crippen LogP contribution in [0.15, 0.2) is 43.0 Å². The van der Waals surface area contributed by atoms with Gasteiger partial charge in [-0.15, -0.1) is 0 Å². The van der Waals surface area contributed by atoms with E-state index in [1.54, 1.807) is 50.9 Å². The highest BCUT2D eigenvalue weighted by Gasteiger charge is 2.26. The molecular formula is C23H20FN5O. The third kappa shape index (κ3) is 3.03. The van der Waals surface area contributed by atoms with E-state index in [2.05, 4.69) is 25.3 Å². The molecule has 1 fully saturated rings.